The average Bonchev–Trinajstić information content (AvgIpc) is 2.62. The van der Waals surface area contributed by atoms with E-state index in [1.54, 1.807) is 0 Å². The number of thioether (sulfide) groups is 2. The molecule has 2 aromatic rings. The lowest BCUT2D eigenvalue weighted by molar-refractivity contribution is 0.0975. The van der Waals surface area contributed by atoms with Gasteiger partial charge in [-0.25, -0.2) is 0 Å². The third kappa shape index (κ3) is 3.96. The van der Waals surface area contributed by atoms with Crippen LogP contribution in [0.5, 0.6) is 0 Å². The minimum Gasteiger partial charge on any atom is -0.294 e. The molecule has 1 fully saturated rings. The number of hydrogen-bond acceptors (Lipinski definition) is 3. The van der Waals surface area contributed by atoms with Crippen molar-refractivity contribution < 1.29 is 4.79 Å². The Morgan fingerprint density at radius 1 is 0.955 bits per heavy atom. The first-order chi connectivity index (χ1) is 10.8. The fourth-order valence-electron chi connectivity index (χ4n) is 2.75. The van der Waals surface area contributed by atoms with Crippen molar-refractivity contribution in [2.45, 2.75) is 23.3 Å². The number of carbonyl (C=O) groups is 1. The summed E-state index contributed by atoms with van der Waals surface area (Å²) in [5, 5.41) is 0. The zero-order valence-corrected chi connectivity index (χ0v) is 14.1. The molecule has 1 aliphatic rings. The number of carbonyl (C=O) groups excluding carboxylic acids is 1. The second-order valence-electron chi connectivity index (χ2n) is 5.47. The Labute approximate surface area is 140 Å². The van der Waals surface area contributed by atoms with Gasteiger partial charge in [-0.15, -0.1) is 23.5 Å². The Balaban J connectivity index is 1.81. The Morgan fingerprint density at radius 2 is 1.55 bits per heavy atom. The Bertz CT molecular complexity index is 591. The SMILES string of the molecule is O=C(C[C@H](c1ccccc1)C1SCCCS1)c1ccccc1. The first-order valence-electron chi connectivity index (χ1n) is 7.71. The molecule has 1 atom stereocenters. The number of hydrogen-bond donors (Lipinski definition) is 0. The molecular formula is C19H20OS2. The highest BCUT2D eigenvalue weighted by molar-refractivity contribution is 8.17. The van der Waals surface area contributed by atoms with E-state index in [1.807, 2.05) is 59.9 Å². The molecule has 3 rings (SSSR count). The van der Waals surface area contributed by atoms with Gasteiger partial charge in [-0.1, -0.05) is 60.7 Å². The van der Waals surface area contributed by atoms with E-state index in [4.69, 9.17) is 0 Å². The summed E-state index contributed by atoms with van der Waals surface area (Å²) in [6.07, 6.45) is 1.87. The molecule has 0 aliphatic carbocycles. The van der Waals surface area contributed by atoms with Crippen LogP contribution in [0.25, 0.3) is 0 Å². The Kier molecular flexibility index (Phi) is 5.63. The van der Waals surface area contributed by atoms with Gasteiger partial charge in [-0.05, 0) is 23.5 Å². The number of ketones is 1. The third-order valence-corrected chi connectivity index (χ3v) is 7.09. The molecule has 0 aromatic heterocycles. The molecule has 22 heavy (non-hydrogen) atoms. The summed E-state index contributed by atoms with van der Waals surface area (Å²) >= 11 is 4.03. The van der Waals surface area contributed by atoms with Gasteiger partial charge in [0.2, 0.25) is 0 Å². The van der Waals surface area contributed by atoms with Crippen LogP contribution in [0.2, 0.25) is 0 Å². The van der Waals surface area contributed by atoms with Gasteiger partial charge in [0.15, 0.2) is 5.78 Å². The van der Waals surface area contributed by atoms with Crippen molar-refractivity contribution in [3.8, 4) is 0 Å². The highest BCUT2D eigenvalue weighted by atomic mass is 32.2. The van der Waals surface area contributed by atoms with Crippen LogP contribution in [-0.4, -0.2) is 21.9 Å². The normalized spacial score (nSPS) is 17.1. The van der Waals surface area contributed by atoms with Gasteiger partial charge in [-0.3, -0.25) is 4.79 Å². The van der Waals surface area contributed by atoms with Gasteiger partial charge >= 0.3 is 0 Å². The van der Waals surface area contributed by atoms with E-state index in [0.29, 0.717) is 16.9 Å². The molecule has 0 amide bonds. The molecule has 0 radical (unpaired) electrons. The van der Waals surface area contributed by atoms with Crippen LogP contribution in [0, 0.1) is 0 Å². The van der Waals surface area contributed by atoms with Crippen LogP contribution in [0.4, 0.5) is 0 Å². The summed E-state index contributed by atoms with van der Waals surface area (Å²) in [4.78, 5) is 12.7. The fourth-order valence-corrected chi connectivity index (χ4v) is 5.95. The van der Waals surface area contributed by atoms with E-state index in [-0.39, 0.29) is 5.78 Å². The van der Waals surface area contributed by atoms with Gasteiger partial charge in [-0.2, -0.15) is 0 Å². The number of benzene rings is 2. The van der Waals surface area contributed by atoms with E-state index < -0.39 is 0 Å². The smallest absolute Gasteiger partial charge is 0.163 e. The van der Waals surface area contributed by atoms with Gasteiger partial charge in [0, 0.05) is 17.9 Å². The van der Waals surface area contributed by atoms with Gasteiger partial charge in [0.25, 0.3) is 0 Å². The topological polar surface area (TPSA) is 17.1 Å². The Hall–Kier alpha value is -1.19. The lowest BCUT2D eigenvalue weighted by atomic mass is 9.93. The first kappa shape index (κ1) is 15.7. The van der Waals surface area contributed by atoms with Crippen LogP contribution in [0.15, 0.2) is 60.7 Å². The van der Waals surface area contributed by atoms with Crippen molar-refractivity contribution in [2.75, 3.05) is 11.5 Å². The minimum atomic E-state index is 0.251. The van der Waals surface area contributed by atoms with Crippen molar-refractivity contribution in [3.05, 3.63) is 71.8 Å². The highest BCUT2D eigenvalue weighted by Gasteiger charge is 2.28. The predicted octanol–water partition coefficient (Wildman–Crippen LogP) is 5.24. The maximum atomic E-state index is 12.7. The lowest BCUT2D eigenvalue weighted by Crippen LogP contribution is -2.20. The molecule has 0 spiro atoms. The minimum absolute atomic E-state index is 0.251. The molecule has 1 saturated heterocycles. The van der Waals surface area contributed by atoms with Crippen LogP contribution >= 0.6 is 23.5 Å². The molecule has 1 aliphatic heterocycles. The molecule has 0 unspecified atom stereocenters. The van der Waals surface area contributed by atoms with Crippen molar-refractivity contribution in [3.63, 3.8) is 0 Å². The van der Waals surface area contributed by atoms with Crippen LogP contribution < -0.4 is 0 Å². The fraction of sp³-hybridized carbons (Fsp3) is 0.316. The van der Waals surface area contributed by atoms with Gasteiger partial charge in [0.05, 0.1) is 4.58 Å². The molecule has 3 heteroatoms. The summed E-state index contributed by atoms with van der Waals surface area (Å²) in [6.45, 7) is 0. The molecular weight excluding hydrogens is 308 g/mol. The summed E-state index contributed by atoms with van der Waals surface area (Å²) in [7, 11) is 0. The summed E-state index contributed by atoms with van der Waals surface area (Å²) in [6, 6.07) is 20.2. The summed E-state index contributed by atoms with van der Waals surface area (Å²) in [5.74, 6) is 2.96. The zero-order chi connectivity index (χ0) is 15.2. The zero-order valence-electron chi connectivity index (χ0n) is 12.5. The Morgan fingerprint density at radius 3 is 2.18 bits per heavy atom. The first-order valence-corrected chi connectivity index (χ1v) is 9.81. The van der Waals surface area contributed by atoms with E-state index in [2.05, 4.69) is 24.3 Å². The molecule has 0 N–H and O–H groups in total. The highest BCUT2D eigenvalue weighted by Crippen LogP contribution is 2.42. The molecule has 2 aromatic carbocycles. The van der Waals surface area contributed by atoms with Crippen molar-refractivity contribution in [2.24, 2.45) is 0 Å². The lowest BCUT2D eigenvalue weighted by Gasteiger charge is -2.29. The van der Waals surface area contributed by atoms with Crippen molar-refractivity contribution >= 4 is 29.3 Å². The largest absolute Gasteiger partial charge is 0.294 e. The van der Waals surface area contributed by atoms with Crippen molar-refractivity contribution in [1.82, 2.24) is 0 Å². The van der Waals surface area contributed by atoms with Gasteiger partial charge in [0.1, 0.15) is 0 Å². The molecule has 0 bridgehead atoms. The van der Waals surface area contributed by atoms with Crippen LogP contribution in [0.1, 0.15) is 34.7 Å². The van der Waals surface area contributed by atoms with E-state index in [9.17, 15) is 4.79 Å². The van der Waals surface area contributed by atoms with Crippen molar-refractivity contribution in [1.29, 1.82) is 0 Å². The maximum absolute atomic E-state index is 12.7. The molecule has 114 valence electrons. The molecule has 1 nitrogen and oxygen atoms in total. The third-order valence-electron chi connectivity index (χ3n) is 3.91. The predicted molar refractivity (Wildman–Crippen MR) is 97.9 cm³/mol. The summed E-state index contributed by atoms with van der Waals surface area (Å²) in [5.41, 5.74) is 2.12. The van der Waals surface area contributed by atoms with E-state index in [0.717, 1.165) is 5.56 Å². The number of rotatable bonds is 5. The second-order valence-corrected chi connectivity index (χ2v) is 8.27. The van der Waals surface area contributed by atoms with Crippen LogP contribution in [-0.2, 0) is 0 Å². The quantitative estimate of drug-likeness (QED) is 0.699. The average molecular weight is 329 g/mol. The molecule has 1 heterocycles. The van der Waals surface area contributed by atoms with E-state index >= 15 is 0 Å². The number of Topliss-reactive ketones (excluding diaryl/α,β-unsaturated/α-hetero) is 1. The molecule has 0 saturated carbocycles. The standard InChI is InChI=1S/C19H20OS2/c20-18(16-10-5-2-6-11-16)14-17(15-8-3-1-4-9-15)19-21-12-7-13-22-19/h1-6,8-11,17,19H,7,12-14H2/t17-/m1/s1. The maximum Gasteiger partial charge on any atom is 0.163 e. The van der Waals surface area contributed by atoms with Gasteiger partial charge < -0.3 is 0 Å². The summed E-state index contributed by atoms with van der Waals surface area (Å²) < 4.78 is 0.490. The van der Waals surface area contributed by atoms with Crippen LogP contribution in [0.3, 0.4) is 0 Å². The van der Waals surface area contributed by atoms with E-state index in [1.165, 1.54) is 23.5 Å². The monoisotopic (exact) mass is 328 g/mol. The second kappa shape index (κ2) is 7.89.